The molecule has 22 heavy (non-hydrogen) atoms. The molecule has 0 nitrogen and oxygen atoms in total. The van der Waals surface area contributed by atoms with E-state index < -0.39 is 0 Å². The summed E-state index contributed by atoms with van der Waals surface area (Å²) in [5.74, 6) is -0.257. The summed E-state index contributed by atoms with van der Waals surface area (Å²) in [6.07, 6.45) is 0. The highest BCUT2D eigenvalue weighted by Crippen LogP contribution is 2.34. The van der Waals surface area contributed by atoms with Crippen LogP contribution in [0.15, 0.2) is 84.9 Å². The minimum Gasteiger partial charge on any atom is -0.207 e. The van der Waals surface area contributed by atoms with Crippen molar-refractivity contribution in [2.45, 2.75) is 0 Å². The molecule has 0 heterocycles. The monoisotopic (exact) mass is 308 g/mol. The molecule has 0 saturated carbocycles. The van der Waals surface area contributed by atoms with Gasteiger partial charge in [-0.05, 0) is 28.8 Å². The average molecular weight is 309 g/mol. The molecule has 0 spiro atoms. The van der Waals surface area contributed by atoms with Crippen LogP contribution in [0.5, 0.6) is 0 Å². The Morgan fingerprint density at radius 1 is 0.591 bits per heavy atom. The first-order valence-electron chi connectivity index (χ1n) is 7.02. The maximum absolute atomic E-state index is 13.2. The van der Waals surface area contributed by atoms with Crippen LogP contribution in [-0.4, -0.2) is 0 Å². The third-order valence-corrected chi connectivity index (χ3v) is 3.85. The maximum Gasteiger partial charge on any atom is 0.123 e. The molecule has 3 rings (SSSR count). The Hall–Kier alpha value is -2.38. The summed E-state index contributed by atoms with van der Waals surface area (Å²) in [5.41, 5.74) is 3.73. The molecule has 0 aromatic heterocycles. The molecule has 0 atom stereocenters. The van der Waals surface area contributed by atoms with Crippen molar-refractivity contribution in [3.05, 3.63) is 107 Å². The fourth-order valence-electron chi connectivity index (χ4n) is 2.37. The van der Waals surface area contributed by atoms with Gasteiger partial charge in [-0.2, -0.15) is 0 Å². The van der Waals surface area contributed by atoms with Crippen molar-refractivity contribution in [2.75, 3.05) is 0 Å². The molecule has 3 aromatic rings. The SMILES string of the molecule is Fc1ccc(/C(=C(\Cl)c2ccccc2)c2ccccc2)cc1. The molecule has 0 aliphatic rings. The van der Waals surface area contributed by atoms with E-state index in [0.29, 0.717) is 5.03 Å². The lowest BCUT2D eigenvalue weighted by Crippen LogP contribution is -1.92. The van der Waals surface area contributed by atoms with E-state index >= 15 is 0 Å². The highest BCUT2D eigenvalue weighted by atomic mass is 35.5. The largest absolute Gasteiger partial charge is 0.207 e. The van der Waals surface area contributed by atoms with E-state index in [-0.39, 0.29) is 5.82 Å². The molecule has 108 valence electrons. The quantitative estimate of drug-likeness (QED) is 0.522. The first-order chi connectivity index (χ1) is 10.8. The normalized spacial score (nSPS) is 11.9. The Morgan fingerprint density at radius 3 is 1.59 bits per heavy atom. The van der Waals surface area contributed by atoms with Gasteiger partial charge >= 0.3 is 0 Å². The van der Waals surface area contributed by atoms with Gasteiger partial charge in [-0.25, -0.2) is 4.39 Å². The summed E-state index contributed by atoms with van der Waals surface area (Å²) < 4.78 is 13.2. The van der Waals surface area contributed by atoms with Gasteiger partial charge in [0.1, 0.15) is 5.82 Å². The topological polar surface area (TPSA) is 0 Å². The Labute approximate surface area is 134 Å². The van der Waals surface area contributed by atoms with Crippen molar-refractivity contribution in [2.24, 2.45) is 0 Å². The zero-order valence-corrected chi connectivity index (χ0v) is 12.6. The van der Waals surface area contributed by atoms with Crippen molar-refractivity contribution in [1.29, 1.82) is 0 Å². The molecule has 0 fully saturated rings. The van der Waals surface area contributed by atoms with Gasteiger partial charge in [0.2, 0.25) is 0 Å². The van der Waals surface area contributed by atoms with Crippen LogP contribution < -0.4 is 0 Å². The van der Waals surface area contributed by atoms with Crippen LogP contribution in [0.1, 0.15) is 16.7 Å². The molecule has 0 unspecified atom stereocenters. The lowest BCUT2D eigenvalue weighted by atomic mass is 9.95. The summed E-state index contributed by atoms with van der Waals surface area (Å²) in [5, 5.41) is 0.651. The average Bonchev–Trinajstić information content (AvgIpc) is 2.58. The van der Waals surface area contributed by atoms with Crippen LogP contribution >= 0.6 is 11.6 Å². The zero-order valence-electron chi connectivity index (χ0n) is 11.8. The van der Waals surface area contributed by atoms with Crippen molar-refractivity contribution >= 4 is 22.2 Å². The van der Waals surface area contributed by atoms with Crippen LogP contribution in [0, 0.1) is 5.82 Å². The standard InChI is InChI=1S/C20H14ClF/c21-20(17-9-5-2-6-10-17)19(15-7-3-1-4-8-15)16-11-13-18(22)14-12-16/h1-14H/b20-19-. The van der Waals surface area contributed by atoms with Gasteiger partial charge in [0.15, 0.2) is 0 Å². The molecule has 0 aliphatic carbocycles. The molecule has 2 heteroatoms. The highest BCUT2D eigenvalue weighted by molar-refractivity contribution is 6.53. The van der Waals surface area contributed by atoms with Crippen LogP contribution in [-0.2, 0) is 0 Å². The lowest BCUT2D eigenvalue weighted by molar-refractivity contribution is 0.627. The third-order valence-electron chi connectivity index (χ3n) is 3.44. The predicted octanol–water partition coefficient (Wildman–Crippen LogP) is 5.98. The van der Waals surface area contributed by atoms with Crippen LogP contribution in [0.2, 0.25) is 0 Å². The number of hydrogen-bond donors (Lipinski definition) is 0. The van der Waals surface area contributed by atoms with Gasteiger partial charge < -0.3 is 0 Å². The highest BCUT2D eigenvalue weighted by Gasteiger charge is 2.12. The van der Waals surface area contributed by atoms with Crippen LogP contribution in [0.4, 0.5) is 4.39 Å². The molecule has 0 radical (unpaired) electrons. The fraction of sp³-hybridized carbons (Fsp3) is 0. The molecule has 0 N–H and O–H groups in total. The van der Waals surface area contributed by atoms with Crippen molar-refractivity contribution < 1.29 is 4.39 Å². The third kappa shape index (κ3) is 3.10. The Balaban J connectivity index is 2.21. The minimum atomic E-state index is -0.257. The Kier molecular flexibility index (Phi) is 4.36. The van der Waals surface area contributed by atoms with Gasteiger partial charge in [0.05, 0.1) is 5.03 Å². The van der Waals surface area contributed by atoms with Crippen molar-refractivity contribution in [1.82, 2.24) is 0 Å². The summed E-state index contributed by atoms with van der Waals surface area (Å²) in [6.45, 7) is 0. The number of hydrogen-bond acceptors (Lipinski definition) is 0. The van der Waals surface area contributed by atoms with Gasteiger partial charge in [0.25, 0.3) is 0 Å². The van der Waals surface area contributed by atoms with Crippen molar-refractivity contribution in [3.8, 4) is 0 Å². The molecular formula is C20H14ClF. The second-order valence-electron chi connectivity index (χ2n) is 4.93. The molecule has 0 bridgehead atoms. The van der Waals surface area contributed by atoms with E-state index in [0.717, 1.165) is 22.3 Å². The second kappa shape index (κ2) is 6.59. The van der Waals surface area contributed by atoms with E-state index in [2.05, 4.69) is 0 Å². The summed E-state index contributed by atoms with van der Waals surface area (Å²) >= 11 is 6.67. The zero-order chi connectivity index (χ0) is 15.4. The van der Waals surface area contributed by atoms with Gasteiger partial charge in [-0.1, -0.05) is 84.4 Å². The first kappa shape index (κ1) is 14.6. The van der Waals surface area contributed by atoms with Crippen molar-refractivity contribution in [3.63, 3.8) is 0 Å². The van der Waals surface area contributed by atoms with Gasteiger partial charge in [0, 0.05) is 5.57 Å². The van der Waals surface area contributed by atoms with Crippen LogP contribution in [0.3, 0.4) is 0 Å². The number of benzene rings is 3. The van der Waals surface area contributed by atoms with Gasteiger partial charge in [-0.15, -0.1) is 0 Å². The number of halogens is 2. The minimum absolute atomic E-state index is 0.257. The Morgan fingerprint density at radius 2 is 1.05 bits per heavy atom. The smallest absolute Gasteiger partial charge is 0.123 e. The lowest BCUT2D eigenvalue weighted by Gasteiger charge is -2.12. The van der Waals surface area contributed by atoms with Crippen LogP contribution in [0.25, 0.3) is 10.6 Å². The number of rotatable bonds is 3. The predicted molar refractivity (Wildman–Crippen MR) is 91.1 cm³/mol. The molecule has 3 aromatic carbocycles. The molecular weight excluding hydrogens is 295 g/mol. The molecule has 0 saturated heterocycles. The van der Waals surface area contributed by atoms with E-state index in [1.165, 1.54) is 12.1 Å². The molecule has 0 aliphatic heterocycles. The first-order valence-corrected chi connectivity index (χ1v) is 7.40. The molecule has 0 amide bonds. The summed E-state index contributed by atoms with van der Waals surface area (Å²) in [6, 6.07) is 26.1. The van der Waals surface area contributed by atoms with Gasteiger partial charge in [-0.3, -0.25) is 0 Å². The van der Waals surface area contributed by atoms with E-state index in [9.17, 15) is 4.39 Å². The Bertz CT molecular complexity index is 775. The maximum atomic E-state index is 13.2. The fourth-order valence-corrected chi connectivity index (χ4v) is 2.71. The van der Waals surface area contributed by atoms with E-state index in [1.807, 2.05) is 60.7 Å². The summed E-state index contributed by atoms with van der Waals surface area (Å²) in [7, 11) is 0. The van der Waals surface area contributed by atoms with E-state index in [1.54, 1.807) is 12.1 Å². The van der Waals surface area contributed by atoms with E-state index in [4.69, 9.17) is 11.6 Å². The second-order valence-corrected chi connectivity index (χ2v) is 5.31. The summed E-state index contributed by atoms with van der Waals surface area (Å²) in [4.78, 5) is 0.